The van der Waals surface area contributed by atoms with Crippen molar-refractivity contribution in [1.29, 1.82) is 0 Å². The first-order valence-electron chi connectivity index (χ1n) is 5.80. The van der Waals surface area contributed by atoms with Crippen molar-refractivity contribution in [2.75, 3.05) is 6.54 Å². The van der Waals surface area contributed by atoms with Crippen LogP contribution >= 0.6 is 15.9 Å². The summed E-state index contributed by atoms with van der Waals surface area (Å²) in [5, 5.41) is 3.57. The third kappa shape index (κ3) is 3.56. The first kappa shape index (κ1) is 13.7. The van der Waals surface area contributed by atoms with Crippen molar-refractivity contribution in [3.8, 4) is 0 Å². The summed E-state index contributed by atoms with van der Waals surface area (Å²) in [5.74, 6) is 0. The lowest BCUT2D eigenvalue weighted by atomic mass is 9.84. The van der Waals surface area contributed by atoms with Crippen molar-refractivity contribution in [3.63, 3.8) is 0 Å². The van der Waals surface area contributed by atoms with Gasteiger partial charge in [-0.25, -0.2) is 0 Å². The Bertz CT molecular complexity index is 331. The summed E-state index contributed by atoms with van der Waals surface area (Å²) in [4.78, 5) is 4.49. The van der Waals surface area contributed by atoms with Crippen molar-refractivity contribution < 1.29 is 0 Å². The minimum absolute atomic E-state index is 0.159. The van der Waals surface area contributed by atoms with Crippen LogP contribution in [0, 0.1) is 5.41 Å². The first-order valence-corrected chi connectivity index (χ1v) is 6.60. The van der Waals surface area contributed by atoms with Crippen molar-refractivity contribution >= 4 is 15.9 Å². The quantitative estimate of drug-likeness (QED) is 0.906. The normalized spacial score (nSPS) is 13.8. The van der Waals surface area contributed by atoms with Gasteiger partial charge in [-0.15, -0.1) is 0 Å². The molecule has 1 aromatic rings. The fourth-order valence-corrected chi connectivity index (χ4v) is 2.20. The summed E-state index contributed by atoms with van der Waals surface area (Å²) in [5.41, 5.74) is 1.26. The van der Waals surface area contributed by atoms with Gasteiger partial charge in [0.15, 0.2) is 0 Å². The van der Waals surface area contributed by atoms with Crippen LogP contribution in [0.1, 0.15) is 45.9 Å². The number of nitrogens with zero attached hydrogens (tertiary/aromatic N) is 1. The predicted octanol–water partition coefficient (Wildman–Crippen LogP) is 3.93. The molecule has 0 fully saturated rings. The maximum Gasteiger partial charge on any atom is 0.0720 e. The van der Waals surface area contributed by atoms with Crippen LogP contribution in [0.25, 0.3) is 0 Å². The molecule has 0 aliphatic heterocycles. The molecule has 1 atom stereocenters. The summed E-state index contributed by atoms with van der Waals surface area (Å²) >= 11 is 3.58. The zero-order valence-corrected chi connectivity index (χ0v) is 12.1. The average Bonchev–Trinajstić information content (AvgIpc) is 2.19. The average molecular weight is 285 g/mol. The molecule has 1 heterocycles. The summed E-state index contributed by atoms with van der Waals surface area (Å²) in [7, 11) is 0. The third-order valence-corrected chi connectivity index (χ3v) is 3.20. The Morgan fingerprint density at radius 2 is 2.12 bits per heavy atom. The van der Waals surface area contributed by atoms with Crippen LogP contribution in [-0.2, 0) is 0 Å². The monoisotopic (exact) mass is 284 g/mol. The van der Waals surface area contributed by atoms with E-state index in [1.54, 1.807) is 0 Å². The fraction of sp³-hybridized carbons (Fsp3) is 0.615. The molecule has 0 aromatic carbocycles. The molecule has 1 rings (SSSR count). The number of hydrogen-bond donors (Lipinski definition) is 1. The zero-order chi connectivity index (χ0) is 12.2. The number of halogens is 1. The summed E-state index contributed by atoms with van der Waals surface area (Å²) in [6, 6.07) is 4.28. The maximum absolute atomic E-state index is 4.49. The highest BCUT2D eigenvalue weighted by molar-refractivity contribution is 9.10. The van der Waals surface area contributed by atoms with E-state index in [4.69, 9.17) is 0 Å². The first-order chi connectivity index (χ1) is 7.46. The molecule has 0 amide bonds. The second-order valence-corrected chi connectivity index (χ2v) is 5.98. The summed E-state index contributed by atoms with van der Waals surface area (Å²) in [6.07, 6.45) is 2.99. The van der Waals surface area contributed by atoms with Crippen LogP contribution < -0.4 is 5.32 Å². The van der Waals surface area contributed by atoms with E-state index >= 15 is 0 Å². The minimum Gasteiger partial charge on any atom is -0.308 e. The lowest BCUT2D eigenvalue weighted by Crippen LogP contribution is -2.33. The fourth-order valence-electron chi connectivity index (χ4n) is 1.71. The van der Waals surface area contributed by atoms with Gasteiger partial charge in [-0.2, -0.15) is 0 Å². The topological polar surface area (TPSA) is 24.9 Å². The molecule has 1 N–H and O–H groups in total. The maximum atomic E-state index is 4.49. The lowest BCUT2D eigenvalue weighted by Gasteiger charge is -2.31. The van der Waals surface area contributed by atoms with E-state index in [0.29, 0.717) is 0 Å². The second kappa shape index (κ2) is 5.78. The van der Waals surface area contributed by atoms with Crippen molar-refractivity contribution in [3.05, 3.63) is 28.5 Å². The number of pyridine rings is 1. The molecule has 0 saturated heterocycles. The molecule has 0 radical (unpaired) electrons. The Morgan fingerprint density at radius 3 is 2.62 bits per heavy atom. The van der Waals surface area contributed by atoms with Gasteiger partial charge in [0.1, 0.15) is 0 Å². The van der Waals surface area contributed by atoms with Crippen LogP contribution in [0.5, 0.6) is 0 Å². The van der Waals surface area contributed by atoms with E-state index in [1.165, 1.54) is 0 Å². The van der Waals surface area contributed by atoms with Gasteiger partial charge in [-0.05, 0) is 46.4 Å². The van der Waals surface area contributed by atoms with Gasteiger partial charge in [0.05, 0.1) is 11.7 Å². The van der Waals surface area contributed by atoms with Gasteiger partial charge in [0, 0.05) is 10.7 Å². The predicted molar refractivity (Wildman–Crippen MR) is 72.4 cm³/mol. The van der Waals surface area contributed by atoms with E-state index < -0.39 is 0 Å². The molecule has 0 aliphatic rings. The van der Waals surface area contributed by atoms with E-state index in [-0.39, 0.29) is 11.5 Å². The highest BCUT2D eigenvalue weighted by atomic mass is 79.9. The molecule has 0 aliphatic carbocycles. The molecular formula is C13H21BrN2. The van der Waals surface area contributed by atoms with E-state index in [2.05, 4.69) is 60.0 Å². The minimum atomic E-state index is 0.159. The standard InChI is InChI=1S/C13H21BrN2/c1-5-8-16-12(13(2,3)4)11-10(14)7-6-9-15-11/h6-7,9,12,16H,5,8H2,1-4H3. The Balaban J connectivity index is 2.97. The molecule has 0 bridgehead atoms. The highest BCUT2D eigenvalue weighted by Crippen LogP contribution is 2.34. The number of rotatable bonds is 4. The lowest BCUT2D eigenvalue weighted by molar-refractivity contribution is 0.267. The molecular weight excluding hydrogens is 264 g/mol. The molecule has 16 heavy (non-hydrogen) atoms. The number of hydrogen-bond acceptors (Lipinski definition) is 2. The Hall–Kier alpha value is -0.410. The Morgan fingerprint density at radius 1 is 1.44 bits per heavy atom. The zero-order valence-electron chi connectivity index (χ0n) is 10.5. The van der Waals surface area contributed by atoms with Crippen molar-refractivity contribution in [2.45, 2.75) is 40.2 Å². The summed E-state index contributed by atoms with van der Waals surface area (Å²) in [6.45, 7) is 9.91. The third-order valence-electron chi connectivity index (χ3n) is 2.52. The molecule has 1 aromatic heterocycles. The smallest absolute Gasteiger partial charge is 0.0720 e. The molecule has 2 nitrogen and oxygen atoms in total. The molecule has 3 heteroatoms. The number of aromatic nitrogens is 1. The van der Waals surface area contributed by atoms with Crippen LogP contribution in [0.15, 0.2) is 22.8 Å². The van der Waals surface area contributed by atoms with Crippen LogP contribution in [0.3, 0.4) is 0 Å². The van der Waals surface area contributed by atoms with Crippen molar-refractivity contribution in [2.24, 2.45) is 5.41 Å². The van der Waals surface area contributed by atoms with Gasteiger partial charge in [0.2, 0.25) is 0 Å². The Labute approximate surface area is 107 Å². The van der Waals surface area contributed by atoms with E-state index in [0.717, 1.165) is 23.1 Å². The molecule has 0 spiro atoms. The largest absolute Gasteiger partial charge is 0.308 e. The Kier molecular flexibility index (Phi) is 4.93. The SMILES string of the molecule is CCCNC(c1ncccc1Br)C(C)(C)C. The van der Waals surface area contributed by atoms with Crippen molar-refractivity contribution in [1.82, 2.24) is 10.3 Å². The van der Waals surface area contributed by atoms with Crippen LogP contribution in [0.4, 0.5) is 0 Å². The van der Waals surface area contributed by atoms with Gasteiger partial charge < -0.3 is 5.32 Å². The number of nitrogens with one attached hydrogen (secondary N) is 1. The molecule has 1 unspecified atom stereocenters. The molecule has 0 saturated carbocycles. The van der Waals surface area contributed by atoms with E-state index in [1.807, 2.05) is 12.3 Å². The van der Waals surface area contributed by atoms with Crippen LogP contribution in [0.2, 0.25) is 0 Å². The van der Waals surface area contributed by atoms with Gasteiger partial charge in [0.25, 0.3) is 0 Å². The van der Waals surface area contributed by atoms with E-state index in [9.17, 15) is 0 Å². The van der Waals surface area contributed by atoms with Gasteiger partial charge in [-0.3, -0.25) is 4.98 Å². The molecule has 90 valence electrons. The summed E-state index contributed by atoms with van der Waals surface area (Å²) < 4.78 is 1.08. The van der Waals surface area contributed by atoms with Crippen LogP contribution in [-0.4, -0.2) is 11.5 Å². The second-order valence-electron chi connectivity index (χ2n) is 5.12. The van der Waals surface area contributed by atoms with Gasteiger partial charge in [-0.1, -0.05) is 27.7 Å². The van der Waals surface area contributed by atoms with Gasteiger partial charge >= 0.3 is 0 Å². The highest BCUT2D eigenvalue weighted by Gasteiger charge is 2.28.